The monoisotopic (exact) mass is 351 g/mol. The lowest BCUT2D eigenvalue weighted by molar-refractivity contribution is 0.692. The Balaban J connectivity index is 1.69. The summed E-state index contributed by atoms with van der Waals surface area (Å²) in [6.07, 6.45) is 5.22. The lowest BCUT2D eigenvalue weighted by atomic mass is 10.2. The summed E-state index contributed by atoms with van der Waals surface area (Å²) in [5.74, 6) is 0.866. The van der Waals surface area contributed by atoms with Gasteiger partial charge in [-0.3, -0.25) is 0 Å². The molecular formula is C16H25N5S2. The summed E-state index contributed by atoms with van der Waals surface area (Å²) in [6.45, 7) is 8.61. The third-order valence-electron chi connectivity index (χ3n) is 3.16. The summed E-state index contributed by atoms with van der Waals surface area (Å²) >= 11 is 3.46. The van der Waals surface area contributed by atoms with Gasteiger partial charge in [-0.15, -0.1) is 22.7 Å². The van der Waals surface area contributed by atoms with Crippen LogP contribution >= 0.6 is 22.7 Å². The van der Waals surface area contributed by atoms with E-state index in [0.717, 1.165) is 49.0 Å². The first-order valence-electron chi connectivity index (χ1n) is 8.02. The van der Waals surface area contributed by atoms with E-state index in [4.69, 9.17) is 0 Å². The van der Waals surface area contributed by atoms with Crippen molar-refractivity contribution in [2.45, 2.75) is 46.6 Å². The van der Waals surface area contributed by atoms with Gasteiger partial charge in [0.15, 0.2) is 5.96 Å². The molecule has 2 aromatic heterocycles. The molecule has 0 aliphatic heterocycles. The Hall–Kier alpha value is -1.47. The molecule has 2 aromatic rings. The number of hydrogen-bond donors (Lipinski definition) is 2. The fourth-order valence-corrected chi connectivity index (χ4v) is 3.62. The third-order valence-corrected chi connectivity index (χ3v) is 5.09. The van der Waals surface area contributed by atoms with E-state index in [1.807, 2.05) is 13.1 Å². The predicted octanol–water partition coefficient (Wildman–Crippen LogP) is 3.29. The number of aromatic nitrogens is 2. The molecule has 5 nitrogen and oxygen atoms in total. The molecule has 2 rings (SSSR count). The zero-order valence-corrected chi connectivity index (χ0v) is 15.7. The molecular weight excluding hydrogens is 326 g/mol. The maximum absolute atomic E-state index is 4.59. The number of rotatable bonds is 8. The largest absolute Gasteiger partial charge is 0.357 e. The average molecular weight is 352 g/mol. The number of aliphatic imine (C=N–C) groups is 1. The van der Waals surface area contributed by atoms with Crippen molar-refractivity contribution >= 4 is 28.6 Å². The number of guanidine groups is 1. The van der Waals surface area contributed by atoms with E-state index in [1.165, 1.54) is 9.88 Å². The number of nitrogens with one attached hydrogen (secondary N) is 2. The first kappa shape index (κ1) is 17.9. The van der Waals surface area contributed by atoms with E-state index in [1.54, 1.807) is 22.7 Å². The van der Waals surface area contributed by atoms with Gasteiger partial charge in [-0.25, -0.2) is 15.0 Å². The van der Waals surface area contributed by atoms with Gasteiger partial charge >= 0.3 is 0 Å². The standard InChI is InChI=1S/C16H25N5S2/c1-4-17-16(20-10-15-19-9-13(3)23-15)18-8-6-5-7-14-21-12(2)11-22-14/h9,11H,4-8,10H2,1-3H3,(H2,17,18,20). The van der Waals surface area contributed by atoms with Crippen LogP contribution in [0.1, 0.15) is 40.4 Å². The number of thiazole rings is 2. The smallest absolute Gasteiger partial charge is 0.191 e. The zero-order valence-electron chi connectivity index (χ0n) is 14.1. The third kappa shape index (κ3) is 6.66. The molecule has 126 valence electrons. The van der Waals surface area contributed by atoms with E-state index in [0.29, 0.717) is 6.54 Å². The second-order valence-corrected chi connectivity index (χ2v) is 7.59. The zero-order chi connectivity index (χ0) is 16.5. The van der Waals surface area contributed by atoms with Crippen molar-refractivity contribution in [3.8, 4) is 0 Å². The number of unbranched alkanes of at least 4 members (excludes halogenated alkanes) is 1. The van der Waals surface area contributed by atoms with E-state index in [-0.39, 0.29) is 0 Å². The normalized spacial score (nSPS) is 11.7. The molecule has 0 unspecified atom stereocenters. The molecule has 0 fully saturated rings. The lowest BCUT2D eigenvalue weighted by Gasteiger charge is -2.10. The highest BCUT2D eigenvalue weighted by molar-refractivity contribution is 7.11. The summed E-state index contributed by atoms with van der Waals surface area (Å²) in [7, 11) is 0. The van der Waals surface area contributed by atoms with Gasteiger partial charge in [-0.05, 0) is 40.0 Å². The summed E-state index contributed by atoms with van der Waals surface area (Å²) in [6, 6.07) is 0. The molecule has 2 N–H and O–H groups in total. The average Bonchev–Trinajstić information content (AvgIpc) is 3.13. The van der Waals surface area contributed by atoms with Crippen molar-refractivity contribution in [2.75, 3.05) is 13.1 Å². The highest BCUT2D eigenvalue weighted by atomic mass is 32.1. The minimum Gasteiger partial charge on any atom is -0.357 e. The first-order chi connectivity index (χ1) is 11.2. The number of aryl methyl sites for hydroxylation is 3. The van der Waals surface area contributed by atoms with Crippen molar-refractivity contribution in [3.05, 3.63) is 32.2 Å². The molecule has 0 saturated heterocycles. The van der Waals surface area contributed by atoms with Crippen LogP contribution in [0.15, 0.2) is 16.6 Å². The van der Waals surface area contributed by atoms with Gasteiger partial charge < -0.3 is 10.6 Å². The summed E-state index contributed by atoms with van der Waals surface area (Å²) in [5, 5.41) is 11.1. The van der Waals surface area contributed by atoms with Crippen LogP contribution in [0.5, 0.6) is 0 Å². The fraction of sp³-hybridized carbons (Fsp3) is 0.562. The van der Waals surface area contributed by atoms with Crippen molar-refractivity contribution in [2.24, 2.45) is 4.99 Å². The molecule has 2 heterocycles. The van der Waals surface area contributed by atoms with Crippen LogP contribution in [0.3, 0.4) is 0 Å². The SMILES string of the molecule is CCNC(=NCc1ncc(C)s1)NCCCCc1nc(C)cs1. The molecule has 0 aliphatic carbocycles. The quantitative estimate of drug-likeness (QED) is 0.435. The highest BCUT2D eigenvalue weighted by Crippen LogP contribution is 2.12. The number of nitrogens with zero attached hydrogens (tertiary/aromatic N) is 3. The van der Waals surface area contributed by atoms with Crippen molar-refractivity contribution in [1.82, 2.24) is 20.6 Å². The van der Waals surface area contributed by atoms with Crippen LogP contribution in [0, 0.1) is 13.8 Å². The highest BCUT2D eigenvalue weighted by Gasteiger charge is 2.01. The topological polar surface area (TPSA) is 62.2 Å². The van der Waals surface area contributed by atoms with Crippen LogP contribution in [0.25, 0.3) is 0 Å². The van der Waals surface area contributed by atoms with E-state index in [9.17, 15) is 0 Å². The lowest BCUT2D eigenvalue weighted by Crippen LogP contribution is -2.37. The summed E-state index contributed by atoms with van der Waals surface area (Å²) in [4.78, 5) is 14.7. The van der Waals surface area contributed by atoms with Gasteiger partial charge in [0.25, 0.3) is 0 Å². The number of hydrogen-bond acceptors (Lipinski definition) is 5. The Bertz CT molecular complexity index is 618. The Morgan fingerprint density at radius 3 is 2.74 bits per heavy atom. The van der Waals surface area contributed by atoms with E-state index < -0.39 is 0 Å². The van der Waals surface area contributed by atoms with Crippen LogP contribution in [-0.4, -0.2) is 29.0 Å². The van der Waals surface area contributed by atoms with Crippen LogP contribution in [-0.2, 0) is 13.0 Å². The van der Waals surface area contributed by atoms with E-state index >= 15 is 0 Å². The Morgan fingerprint density at radius 1 is 1.22 bits per heavy atom. The van der Waals surface area contributed by atoms with Crippen molar-refractivity contribution in [3.63, 3.8) is 0 Å². The minimum atomic E-state index is 0.631. The fourth-order valence-electron chi connectivity index (χ4n) is 2.09. The van der Waals surface area contributed by atoms with Crippen molar-refractivity contribution < 1.29 is 0 Å². The molecule has 0 radical (unpaired) electrons. The molecule has 0 bridgehead atoms. The Kier molecular flexibility index (Phi) is 7.48. The first-order valence-corrected chi connectivity index (χ1v) is 9.71. The summed E-state index contributed by atoms with van der Waals surface area (Å²) in [5.41, 5.74) is 1.13. The van der Waals surface area contributed by atoms with Gasteiger partial charge in [-0.2, -0.15) is 0 Å². The summed E-state index contributed by atoms with van der Waals surface area (Å²) < 4.78 is 0. The molecule has 0 aromatic carbocycles. The minimum absolute atomic E-state index is 0.631. The predicted molar refractivity (Wildman–Crippen MR) is 99.5 cm³/mol. The van der Waals surface area contributed by atoms with Gasteiger partial charge in [0.05, 0.1) is 11.6 Å². The van der Waals surface area contributed by atoms with Gasteiger partial charge in [0, 0.05) is 35.2 Å². The second kappa shape index (κ2) is 9.62. The van der Waals surface area contributed by atoms with E-state index in [2.05, 4.69) is 44.8 Å². The molecule has 0 saturated carbocycles. The Labute approximate surface area is 146 Å². The van der Waals surface area contributed by atoms with Crippen LogP contribution in [0.2, 0.25) is 0 Å². The van der Waals surface area contributed by atoms with Crippen molar-refractivity contribution in [1.29, 1.82) is 0 Å². The second-order valence-electron chi connectivity index (χ2n) is 5.33. The molecule has 0 amide bonds. The van der Waals surface area contributed by atoms with Gasteiger partial charge in [-0.1, -0.05) is 0 Å². The van der Waals surface area contributed by atoms with Crippen LogP contribution < -0.4 is 10.6 Å². The van der Waals surface area contributed by atoms with Gasteiger partial charge in [0.2, 0.25) is 0 Å². The molecule has 0 atom stereocenters. The van der Waals surface area contributed by atoms with Crippen LogP contribution in [0.4, 0.5) is 0 Å². The molecule has 0 spiro atoms. The Morgan fingerprint density at radius 2 is 2.09 bits per heavy atom. The molecule has 0 aliphatic rings. The molecule has 7 heteroatoms. The maximum atomic E-state index is 4.59. The molecule has 23 heavy (non-hydrogen) atoms. The maximum Gasteiger partial charge on any atom is 0.191 e. The van der Waals surface area contributed by atoms with Gasteiger partial charge in [0.1, 0.15) is 5.01 Å².